The van der Waals surface area contributed by atoms with E-state index >= 15 is 0 Å². The molecule has 4 aromatic heterocycles. The standard InChI is InChI=1S/C37H32N4O6/c1-20-34-36(46-40-20)26(24(22-9-3-5-11-30(22)42)18-28(38-34)32-13-7-15-44-32)17-27-25(23-10-4-6-12-31(23)43)19-29(33-14-8-16-45-33)39-35-21(2)41-47-37(27)35/h3-16,24-27,42-43H,17-19H2,1-2H3. The molecule has 2 N–H and O–H groups in total. The summed E-state index contributed by atoms with van der Waals surface area (Å²) in [7, 11) is 0. The predicted octanol–water partition coefficient (Wildman–Crippen LogP) is 8.75. The molecule has 10 heteroatoms. The number of phenols is 2. The topological polar surface area (TPSA) is 144 Å². The van der Waals surface area contributed by atoms with Gasteiger partial charge in [0.2, 0.25) is 0 Å². The van der Waals surface area contributed by atoms with Crippen molar-refractivity contribution < 1.29 is 28.1 Å². The van der Waals surface area contributed by atoms with Crippen LogP contribution in [0.1, 0.15) is 88.5 Å². The average molecular weight is 629 g/mol. The van der Waals surface area contributed by atoms with E-state index in [1.165, 1.54) is 0 Å². The minimum Gasteiger partial charge on any atom is -0.508 e. The molecule has 0 saturated carbocycles. The van der Waals surface area contributed by atoms with E-state index < -0.39 is 0 Å². The molecule has 0 radical (unpaired) electrons. The zero-order valence-electron chi connectivity index (χ0n) is 25.8. The Morgan fingerprint density at radius 2 is 1.06 bits per heavy atom. The molecule has 2 aliphatic rings. The summed E-state index contributed by atoms with van der Waals surface area (Å²) in [6, 6.07) is 22.2. The van der Waals surface area contributed by atoms with Gasteiger partial charge in [-0.25, -0.2) is 9.98 Å². The van der Waals surface area contributed by atoms with E-state index in [-0.39, 0.29) is 35.2 Å². The van der Waals surface area contributed by atoms with E-state index in [0.717, 1.165) is 22.6 Å². The number of fused-ring (bicyclic) bond motifs is 2. The second-order valence-corrected chi connectivity index (χ2v) is 12.2. The highest BCUT2D eigenvalue weighted by Gasteiger charge is 2.44. The van der Waals surface area contributed by atoms with Crippen LogP contribution in [0.5, 0.6) is 11.5 Å². The molecule has 10 nitrogen and oxygen atoms in total. The number of para-hydroxylation sites is 2. The van der Waals surface area contributed by atoms with Crippen LogP contribution < -0.4 is 0 Å². The van der Waals surface area contributed by atoms with E-state index in [1.54, 1.807) is 24.7 Å². The van der Waals surface area contributed by atoms with Crippen LogP contribution in [0.3, 0.4) is 0 Å². The average Bonchev–Trinajstić information content (AvgIpc) is 3.89. The Morgan fingerprint density at radius 3 is 1.47 bits per heavy atom. The molecule has 47 heavy (non-hydrogen) atoms. The van der Waals surface area contributed by atoms with Crippen molar-refractivity contribution >= 4 is 22.8 Å². The van der Waals surface area contributed by atoms with Crippen molar-refractivity contribution in [2.24, 2.45) is 9.98 Å². The lowest BCUT2D eigenvalue weighted by atomic mass is 9.70. The number of phenolic OH excluding ortho intramolecular Hbond substituents is 2. The predicted molar refractivity (Wildman–Crippen MR) is 173 cm³/mol. The smallest absolute Gasteiger partial charge is 0.166 e. The number of nitrogens with zero attached hydrogens (tertiary/aromatic N) is 4. The molecule has 0 fully saturated rings. The maximum Gasteiger partial charge on any atom is 0.166 e. The highest BCUT2D eigenvalue weighted by atomic mass is 16.5. The molecular weight excluding hydrogens is 596 g/mol. The highest BCUT2D eigenvalue weighted by Crippen LogP contribution is 2.55. The van der Waals surface area contributed by atoms with Gasteiger partial charge in [-0.05, 0) is 67.8 Å². The molecule has 2 aliphatic heterocycles. The monoisotopic (exact) mass is 628 g/mol. The number of hydrogen-bond donors (Lipinski definition) is 2. The lowest BCUT2D eigenvalue weighted by Gasteiger charge is -2.32. The van der Waals surface area contributed by atoms with Crippen LogP contribution in [-0.4, -0.2) is 31.9 Å². The third-order valence-electron chi connectivity index (χ3n) is 9.47. The summed E-state index contributed by atoms with van der Waals surface area (Å²) in [4.78, 5) is 10.1. The molecule has 6 aromatic rings. The fourth-order valence-corrected chi connectivity index (χ4v) is 7.22. The Hall–Kier alpha value is -5.64. The summed E-state index contributed by atoms with van der Waals surface area (Å²) in [6.45, 7) is 3.75. The molecule has 0 spiro atoms. The number of aliphatic imine (C=N–C) groups is 2. The maximum atomic E-state index is 11.3. The first-order valence-electron chi connectivity index (χ1n) is 15.7. The largest absolute Gasteiger partial charge is 0.508 e. The van der Waals surface area contributed by atoms with Crippen molar-refractivity contribution in [3.05, 3.63) is 131 Å². The van der Waals surface area contributed by atoms with Crippen LogP contribution in [0.15, 0.2) is 113 Å². The lowest BCUT2D eigenvalue weighted by molar-refractivity contribution is 0.284. The number of furan rings is 2. The summed E-state index contributed by atoms with van der Waals surface area (Å²) in [5.74, 6) is 1.62. The summed E-state index contributed by atoms with van der Waals surface area (Å²) in [5, 5.41) is 31.3. The molecule has 4 atom stereocenters. The van der Waals surface area contributed by atoms with Crippen LogP contribution in [0.2, 0.25) is 0 Å². The third kappa shape index (κ3) is 5.06. The summed E-state index contributed by atoms with van der Waals surface area (Å²) >= 11 is 0. The second-order valence-electron chi connectivity index (χ2n) is 12.2. The van der Waals surface area contributed by atoms with Gasteiger partial charge in [0.15, 0.2) is 11.5 Å². The van der Waals surface area contributed by atoms with Gasteiger partial charge in [-0.2, -0.15) is 0 Å². The summed E-state index contributed by atoms with van der Waals surface area (Å²) in [5.41, 5.74) is 5.59. The van der Waals surface area contributed by atoms with Gasteiger partial charge in [0.1, 0.15) is 45.8 Å². The molecular formula is C37H32N4O6. The first kappa shape index (κ1) is 28.8. The molecule has 0 amide bonds. The van der Waals surface area contributed by atoms with Gasteiger partial charge in [-0.1, -0.05) is 46.7 Å². The molecule has 0 aliphatic carbocycles. The Balaban J connectivity index is 1.32. The molecule has 236 valence electrons. The van der Waals surface area contributed by atoms with E-state index in [4.69, 9.17) is 27.9 Å². The number of aryl methyl sites for hydroxylation is 2. The second kappa shape index (κ2) is 11.6. The van der Waals surface area contributed by atoms with Gasteiger partial charge in [-0.3, -0.25) is 0 Å². The van der Waals surface area contributed by atoms with Crippen molar-refractivity contribution in [1.82, 2.24) is 10.3 Å². The Morgan fingerprint density at radius 1 is 0.617 bits per heavy atom. The van der Waals surface area contributed by atoms with Crippen molar-refractivity contribution in [1.29, 1.82) is 0 Å². The van der Waals surface area contributed by atoms with E-state index in [0.29, 0.717) is 65.1 Å². The lowest BCUT2D eigenvalue weighted by Crippen LogP contribution is -2.21. The van der Waals surface area contributed by atoms with Crippen molar-refractivity contribution in [3.8, 4) is 11.5 Å². The van der Waals surface area contributed by atoms with Gasteiger partial charge >= 0.3 is 0 Å². The van der Waals surface area contributed by atoms with Crippen LogP contribution in [0.25, 0.3) is 0 Å². The molecule has 2 aromatic carbocycles. The van der Waals surface area contributed by atoms with Gasteiger partial charge in [-0.15, -0.1) is 0 Å². The number of aromatic nitrogens is 2. The van der Waals surface area contributed by atoms with Gasteiger partial charge in [0.25, 0.3) is 0 Å². The molecule has 6 heterocycles. The quantitative estimate of drug-likeness (QED) is 0.186. The Kier molecular flexibility index (Phi) is 7.12. The van der Waals surface area contributed by atoms with Crippen molar-refractivity contribution in [2.45, 2.75) is 56.8 Å². The summed E-state index contributed by atoms with van der Waals surface area (Å²) in [6.07, 6.45) is 4.66. The van der Waals surface area contributed by atoms with Crippen molar-refractivity contribution in [3.63, 3.8) is 0 Å². The van der Waals surface area contributed by atoms with Gasteiger partial charge in [0.05, 0.1) is 23.9 Å². The fourth-order valence-electron chi connectivity index (χ4n) is 7.22. The van der Waals surface area contributed by atoms with E-state index in [2.05, 4.69) is 10.3 Å². The fraction of sp³-hybridized carbons (Fsp3) is 0.243. The number of hydrogen-bond acceptors (Lipinski definition) is 10. The van der Waals surface area contributed by atoms with Crippen LogP contribution in [0, 0.1) is 13.8 Å². The zero-order chi connectivity index (χ0) is 32.1. The minimum atomic E-state index is -0.336. The van der Waals surface area contributed by atoms with Crippen molar-refractivity contribution in [2.75, 3.05) is 0 Å². The highest BCUT2D eigenvalue weighted by molar-refractivity contribution is 6.02. The number of benzene rings is 2. The zero-order valence-corrected chi connectivity index (χ0v) is 25.8. The number of rotatable bonds is 6. The molecule has 8 rings (SSSR count). The SMILES string of the molecule is Cc1noc2c1N=C(c1ccco1)CC(c1ccccc1O)C2CC1c2onc(C)c2N=C(c2ccco2)CC1c1ccccc1O. The number of aromatic hydroxyl groups is 2. The van der Waals surface area contributed by atoms with Crippen LogP contribution in [-0.2, 0) is 0 Å². The van der Waals surface area contributed by atoms with Gasteiger partial charge in [0, 0.05) is 36.5 Å². The molecule has 0 bridgehead atoms. The van der Waals surface area contributed by atoms with Crippen LogP contribution >= 0.6 is 0 Å². The Bertz CT molecular complexity index is 1950. The molecule has 4 unspecified atom stereocenters. The summed E-state index contributed by atoms with van der Waals surface area (Å²) < 4.78 is 24.0. The van der Waals surface area contributed by atoms with Crippen LogP contribution in [0.4, 0.5) is 11.4 Å². The Labute approximate surface area is 270 Å². The third-order valence-corrected chi connectivity index (χ3v) is 9.47. The van der Waals surface area contributed by atoms with Gasteiger partial charge < -0.3 is 28.1 Å². The van der Waals surface area contributed by atoms with E-state index in [9.17, 15) is 10.2 Å². The molecule has 0 saturated heterocycles. The minimum absolute atomic E-state index is 0.179. The van der Waals surface area contributed by atoms with E-state index in [1.807, 2.05) is 74.5 Å². The normalized spacial score (nSPS) is 20.9. The maximum absolute atomic E-state index is 11.3. The first-order valence-corrected chi connectivity index (χ1v) is 15.7. The first-order chi connectivity index (χ1) is 23.0.